The summed E-state index contributed by atoms with van der Waals surface area (Å²) in [5, 5.41) is 0.950. The molecule has 144 valence electrons. The summed E-state index contributed by atoms with van der Waals surface area (Å²) in [4.78, 5) is 27.3. The van der Waals surface area contributed by atoms with Gasteiger partial charge in [-0.25, -0.2) is 14.8 Å². The van der Waals surface area contributed by atoms with Crippen LogP contribution in [0.5, 0.6) is 11.5 Å². The number of anilines is 1. The molecule has 2 fully saturated rings. The van der Waals surface area contributed by atoms with E-state index in [9.17, 15) is 4.79 Å². The van der Waals surface area contributed by atoms with Crippen molar-refractivity contribution in [2.75, 3.05) is 52.3 Å². The van der Waals surface area contributed by atoms with Crippen LogP contribution in [0.1, 0.15) is 12.8 Å². The first-order valence-corrected chi connectivity index (χ1v) is 9.25. The molecule has 0 unspecified atom stereocenters. The van der Waals surface area contributed by atoms with Crippen molar-refractivity contribution in [1.29, 1.82) is 0 Å². The average Bonchev–Trinajstić information content (AvgIpc) is 3.05. The molecule has 0 radical (unpaired) electrons. The standard InChI is InChI=1S/C19H25N5O3/c1-22-8-9-24(19(22)25)13-4-6-23(7-5-13)18-14-10-16(26-2)17(27-3)11-15(14)20-12-21-18/h10-13H,4-9H2,1-3H3. The van der Waals surface area contributed by atoms with Gasteiger partial charge in [0.15, 0.2) is 11.5 Å². The zero-order chi connectivity index (χ0) is 19.0. The molecular formula is C19H25N5O3. The maximum absolute atomic E-state index is 12.3. The molecule has 3 heterocycles. The Morgan fingerprint density at radius 2 is 1.70 bits per heavy atom. The van der Waals surface area contributed by atoms with E-state index in [-0.39, 0.29) is 6.03 Å². The molecule has 0 bridgehead atoms. The SMILES string of the molecule is COc1cc2ncnc(N3CCC(N4CCN(C)C4=O)CC3)c2cc1OC. The van der Waals surface area contributed by atoms with Crippen LogP contribution in [0.25, 0.3) is 10.9 Å². The Morgan fingerprint density at radius 3 is 2.33 bits per heavy atom. The highest BCUT2D eigenvalue weighted by Crippen LogP contribution is 2.35. The van der Waals surface area contributed by atoms with Crippen LogP contribution < -0.4 is 14.4 Å². The second-order valence-electron chi connectivity index (χ2n) is 7.04. The highest BCUT2D eigenvalue weighted by atomic mass is 16.5. The minimum absolute atomic E-state index is 0.151. The average molecular weight is 371 g/mol. The van der Waals surface area contributed by atoms with Gasteiger partial charge < -0.3 is 24.2 Å². The highest BCUT2D eigenvalue weighted by molar-refractivity contribution is 5.92. The zero-order valence-electron chi connectivity index (χ0n) is 16.0. The van der Waals surface area contributed by atoms with Gasteiger partial charge in [0.2, 0.25) is 0 Å². The van der Waals surface area contributed by atoms with Crippen LogP contribution in [0.3, 0.4) is 0 Å². The van der Waals surface area contributed by atoms with E-state index in [0.717, 1.165) is 55.7 Å². The number of methoxy groups -OCH3 is 2. The molecule has 1 aromatic heterocycles. The van der Waals surface area contributed by atoms with Gasteiger partial charge in [0.1, 0.15) is 12.1 Å². The summed E-state index contributed by atoms with van der Waals surface area (Å²) in [6.45, 7) is 3.36. The summed E-state index contributed by atoms with van der Waals surface area (Å²) in [5.41, 5.74) is 0.830. The molecule has 4 rings (SSSR count). The van der Waals surface area contributed by atoms with Crippen LogP contribution in [0, 0.1) is 0 Å². The maximum atomic E-state index is 12.3. The topological polar surface area (TPSA) is 71.0 Å². The van der Waals surface area contributed by atoms with Crippen LogP contribution in [0.4, 0.5) is 10.6 Å². The van der Waals surface area contributed by atoms with Gasteiger partial charge >= 0.3 is 6.03 Å². The van der Waals surface area contributed by atoms with Crippen molar-refractivity contribution in [3.8, 4) is 11.5 Å². The van der Waals surface area contributed by atoms with Crippen LogP contribution in [0.2, 0.25) is 0 Å². The van der Waals surface area contributed by atoms with E-state index in [2.05, 4.69) is 14.9 Å². The molecule has 2 aromatic rings. The number of rotatable bonds is 4. The van der Waals surface area contributed by atoms with Crippen molar-refractivity contribution in [2.45, 2.75) is 18.9 Å². The summed E-state index contributed by atoms with van der Waals surface area (Å²) in [7, 11) is 5.11. The lowest BCUT2D eigenvalue weighted by atomic mass is 10.0. The molecule has 0 N–H and O–H groups in total. The summed E-state index contributed by atoms with van der Waals surface area (Å²) in [6.07, 6.45) is 3.48. The number of piperidine rings is 1. The van der Waals surface area contributed by atoms with E-state index in [4.69, 9.17) is 9.47 Å². The predicted octanol–water partition coefficient (Wildman–Crippen LogP) is 1.98. The molecule has 2 aliphatic rings. The molecule has 0 spiro atoms. The molecule has 8 nitrogen and oxygen atoms in total. The van der Waals surface area contributed by atoms with Gasteiger partial charge in [-0.15, -0.1) is 0 Å². The van der Waals surface area contributed by atoms with E-state index in [1.807, 2.05) is 24.1 Å². The summed E-state index contributed by atoms with van der Waals surface area (Å²) < 4.78 is 10.8. The minimum Gasteiger partial charge on any atom is -0.493 e. The fraction of sp³-hybridized carbons (Fsp3) is 0.526. The van der Waals surface area contributed by atoms with Gasteiger partial charge in [-0.05, 0) is 18.9 Å². The van der Waals surface area contributed by atoms with Crippen molar-refractivity contribution < 1.29 is 14.3 Å². The van der Waals surface area contributed by atoms with Crippen LogP contribution >= 0.6 is 0 Å². The molecule has 1 aromatic carbocycles. The number of amides is 2. The summed E-state index contributed by atoms with van der Waals surface area (Å²) in [5.74, 6) is 2.23. The van der Waals surface area contributed by atoms with E-state index < -0.39 is 0 Å². The Balaban J connectivity index is 1.56. The number of aromatic nitrogens is 2. The quantitative estimate of drug-likeness (QED) is 0.819. The van der Waals surface area contributed by atoms with Crippen molar-refractivity contribution in [2.24, 2.45) is 0 Å². The maximum Gasteiger partial charge on any atom is 0.320 e. The summed E-state index contributed by atoms with van der Waals surface area (Å²) >= 11 is 0. The van der Waals surface area contributed by atoms with Crippen molar-refractivity contribution >= 4 is 22.8 Å². The largest absolute Gasteiger partial charge is 0.493 e. The van der Waals surface area contributed by atoms with Crippen LogP contribution in [-0.4, -0.2) is 79.3 Å². The van der Waals surface area contributed by atoms with Gasteiger partial charge in [-0.2, -0.15) is 0 Å². The Morgan fingerprint density at radius 1 is 1.00 bits per heavy atom. The number of carbonyl (C=O) groups excluding carboxylic acids is 1. The lowest BCUT2D eigenvalue weighted by Gasteiger charge is -2.37. The van der Waals surface area contributed by atoms with Gasteiger partial charge in [0.25, 0.3) is 0 Å². The number of likely N-dealkylation sites (N-methyl/N-ethyl adjacent to an activating group) is 1. The van der Waals surface area contributed by atoms with Gasteiger partial charge in [-0.3, -0.25) is 0 Å². The van der Waals surface area contributed by atoms with Gasteiger partial charge in [0.05, 0.1) is 19.7 Å². The first kappa shape index (κ1) is 17.6. The van der Waals surface area contributed by atoms with Crippen molar-refractivity contribution in [3.63, 3.8) is 0 Å². The first-order valence-electron chi connectivity index (χ1n) is 9.25. The first-order chi connectivity index (χ1) is 13.1. The Bertz CT molecular complexity index is 851. The number of carbonyl (C=O) groups is 1. The molecule has 0 aliphatic carbocycles. The van der Waals surface area contributed by atoms with Gasteiger partial charge in [0, 0.05) is 50.7 Å². The lowest BCUT2D eigenvalue weighted by molar-refractivity contribution is 0.173. The fourth-order valence-corrected chi connectivity index (χ4v) is 4.02. The van der Waals surface area contributed by atoms with Crippen LogP contribution in [0.15, 0.2) is 18.5 Å². The Labute approximate surface area is 158 Å². The number of nitrogens with zero attached hydrogens (tertiary/aromatic N) is 5. The molecule has 0 atom stereocenters. The molecule has 27 heavy (non-hydrogen) atoms. The molecule has 0 saturated carbocycles. The minimum atomic E-state index is 0.151. The third kappa shape index (κ3) is 3.09. The van der Waals surface area contributed by atoms with E-state index in [1.165, 1.54) is 0 Å². The number of hydrogen-bond acceptors (Lipinski definition) is 6. The van der Waals surface area contributed by atoms with E-state index in [0.29, 0.717) is 17.5 Å². The molecule has 2 amide bonds. The normalized spacial score (nSPS) is 18.5. The number of benzene rings is 1. The Hall–Kier alpha value is -2.77. The number of fused-ring (bicyclic) bond motifs is 1. The smallest absolute Gasteiger partial charge is 0.320 e. The van der Waals surface area contributed by atoms with E-state index >= 15 is 0 Å². The highest BCUT2D eigenvalue weighted by Gasteiger charge is 2.34. The van der Waals surface area contributed by atoms with Crippen molar-refractivity contribution in [1.82, 2.24) is 19.8 Å². The lowest BCUT2D eigenvalue weighted by Crippen LogP contribution is -2.46. The predicted molar refractivity (Wildman–Crippen MR) is 103 cm³/mol. The van der Waals surface area contributed by atoms with Gasteiger partial charge in [-0.1, -0.05) is 0 Å². The number of urea groups is 1. The molecule has 2 aliphatic heterocycles. The van der Waals surface area contributed by atoms with E-state index in [1.54, 1.807) is 25.4 Å². The van der Waals surface area contributed by atoms with Crippen molar-refractivity contribution in [3.05, 3.63) is 18.5 Å². The molecular weight excluding hydrogens is 346 g/mol. The second-order valence-corrected chi connectivity index (χ2v) is 7.04. The molecule has 8 heteroatoms. The number of ether oxygens (including phenoxy) is 2. The third-order valence-corrected chi connectivity index (χ3v) is 5.57. The molecule has 2 saturated heterocycles. The number of hydrogen-bond donors (Lipinski definition) is 0. The monoisotopic (exact) mass is 371 g/mol. The Kier molecular flexibility index (Phi) is 4.63. The fourth-order valence-electron chi connectivity index (χ4n) is 4.02. The van der Waals surface area contributed by atoms with Crippen LogP contribution in [-0.2, 0) is 0 Å². The summed E-state index contributed by atoms with van der Waals surface area (Å²) in [6, 6.07) is 4.28. The third-order valence-electron chi connectivity index (χ3n) is 5.57. The second kappa shape index (κ2) is 7.09. The zero-order valence-corrected chi connectivity index (χ0v) is 16.0.